The number of sulfonamides is 1. The Morgan fingerprint density at radius 1 is 1.00 bits per heavy atom. The van der Waals surface area contributed by atoms with Crippen LogP contribution < -0.4 is 4.72 Å². The van der Waals surface area contributed by atoms with Crippen molar-refractivity contribution in [2.45, 2.75) is 29.7 Å². The summed E-state index contributed by atoms with van der Waals surface area (Å²) in [6, 6.07) is 11.9. The molecule has 1 saturated carbocycles. The van der Waals surface area contributed by atoms with Gasteiger partial charge in [0.2, 0.25) is 10.0 Å². The van der Waals surface area contributed by atoms with Crippen LogP contribution in [0, 0.1) is 5.82 Å². The molecule has 0 bridgehead atoms. The number of carbonyl (C=O) groups is 1. The zero-order valence-corrected chi connectivity index (χ0v) is 13.5. The van der Waals surface area contributed by atoms with E-state index in [-0.39, 0.29) is 23.6 Å². The summed E-state index contributed by atoms with van der Waals surface area (Å²) in [5.74, 6) is -1.50. The molecule has 1 fully saturated rings. The Balaban J connectivity index is 1.84. The fourth-order valence-electron chi connectivity index (χ4n) is 2.67. The van der Waals surface area contributed by atoms with Crippen molar-refractivity contribution in [3.63, 3.8) is 0 Å². The number of rotatable bonds is 5. The second-order valence-electron chi connectivity index (χ2n) is 5.88. The molecule has 3 rings (SSSR count). The smallest absolute Gasteiger partial charge is 0.324 e. The minimum Gasteiger partial charge on any atom is -0.480 e. The molecule has 0 unspecified atom stereocenters. The summed E-state index contributed by atoms with van der Waals surface area (Å²) in [6.45, 7) is 0. The van der Waals surface area contributed by atoms with Crippen molar-refractivity contribution in [3.05, 3.63) is 54.3 Å². The monoisotopic (exact) mass is 349 g/mol. The minimum absolute atomic E-state index is 0.000821. The van der Waals surface area contributed by atoms with E-state index in [1.165, 1.54) is 24.3 Å². The molecule has 126 valence electrons. The molecule has 0 radical (unpaired) electrons. The first kappa shape index (κ1) is 16.6. The highest BCUT2D eigenvalue weighted by molar-refractivity contribution is 7.89. The van der Waals surface area contributed by atoms with Crippen molar-refractivity contribution in [3.8, 4) is 11.1 Å². The second-order valence-corrected chi connectivity index (χ2v) is 7.56. The zero-order chi connectivity index (χ0) is 17.4. The Bertz CT molecular complexity index is 856. The van der Waals surface area contributed by atoms with Gasteiger partial charge in [-0.2, -0.15) is 4.72 Å². The number of hydrogen-bond donors (Lipinski definition) is 2. The number of aliphatic carboxylic acids is 1. The topological polar surface area (TPSA) is 83.5 Å². The van der Waals surface area contributed by atoms with E-state index in [0.29, 0.717) is 6.42 Å². The van der Waals surface area contributed by atoms with Gasteiger partial charge >= 0.3 is 5.97 Å². The number of halogens is 1. The van der Waals surface area contributed by atoms with Gasteiger partial charge in [-0.05, 0) is 54.7 Å². The lowest BCUT2D eigenvalue weighted by molar-refractivity contribution is -0.147. The molecule has 1 aliphatic rings. The van der Waals surface area contributed by atoms with E-state index in [4.69, 9.17) is 0 Å². The van der Waals surface area contributed by atoms with Gasteiger partial charge in [-0.1, -0.05) is 24.3 Å². The van der Waals surface area contributed by atoms with Crippen LogP contribution >= 0.6 is 0 Å². The highest BCUT2D eigenvalue weighted by Gasteiger charge is 2.47. The van der Waals surface area contributed by atoms with Gasteiger partial charge in [-0.3, -0.25) is 4.79 Å². The van der Waals surface area contributed by atoms with Crippen LogP contribution in [0.3, 0.4) is 0 Å². The Labute approximate surface area is 139 Å². The van der Waals surface area contributed by atoms with Gasteiger partial charge in [-0.25, -0.2) is 12.8 Å². The fourth-order valence-corrected chi connectivity index (χ4v) is 4.09. The third-order valence-electron chi connectivity index (χ3n) is 4.29. The van der Waals surface area contributed by atoms with Gasteiger partial charge in [-0.15, -0.1) is 0 Å². The summed E-state index contributed by atoms with van der Waals surface area (Å²) in [5, 5.41) is 9.25. The lowest BCUT2D eigenvalue weighted by atomic mass is 9.78. The minimum atomic E-state index is -3.92. The lowest BCUT2D eigenvalue weighted by Gasteiger charge is -2.37. The fraction of sp³-hybridized carbons (Fsp3) is 0.235. The van der Waals surface area contributed by atoms with Gasteiger partial charge in [0.1, 0.15) is 11.4 Å². The maximum Gasteiger partial charge on any atom is 0.324 e. The number of benzene rings is 2. The molecular weight excluding hydrogens is 333 g/mol. The van der Waals surface area contributed by atoms with Crippen molar-refractivity contribution in [2.75, 3.05) is 0 Å². The van der Waals surface area contributed by atoms with Gasteiger partial charge in [0.25, 0.3) is 0 Å². The Morgan fingerprint density at radius 3 is 1.92 bits per heavy atom. The van der Waals surface area contributed by atoms with Crippen molar-refractivity contribution in [1.29, 1.82) is 0 Å². The van der Waals surface area contributed by atoms with Crippen molar-refractivity contribution < 1.29 is 22.7 Å². The molecule has 0 aromatic heterocycles. The Hall–Kier alpha value is -2.25. The van der Waals surface area contributed by atoms with Crippen LogP contribution in [0.25, 0.3) is 11.1 Å². The summed E-state index contributed by atoms with van der Waals surface area (Å²) >= 11 is 0. The SMILES string of the molecule is O=C(O)C1(NS(=O)(=O)c2ccc(-c3ccc(F)cc3)cc2)CCC1. The molecule has 7 heteroatoms. The predicted molar refractivity (Wildman–Crippen MR) is 86.4 cm³/mol. The first-order valence-corrected chi connectivity index (χ1v) is 8.94. The zero-order valence-electron chi connectivity index (χ0n) is 12.7. The van der Waals surface area contributed by atoms with Crippen molar-refractivity contribution in [2.24, 2.45) is 0 Å². The van der Waals surface area contributed by atoms with Gasteiger partial charge in [0.05, 0.1) is 4.90 Å². The van der Waals surface area contributed by atoms with Crippen LogP contribution in [0.1, 0.15) is 19.3 Å². The van der Waals surface area contributed by atoms with Crippen molar-refractivity contribution >= 4 is 16.0 Å². The summed E-state index contributed by atoms with van der Waals surface area (Å²) < 4.78 is 40.1. The quantitative estimate of drug-likeness (QED) is 0.869. The molecule has 24 heavy (non-hydrogen) atoms. The Morgan fingerprint density at radius 2 is 1.50 bits per heavy atom. The molecule has 1 aliphatic carbocycles. The molecular formula is C17H16FNO4S. The van der Waals surface area contributed by atoms with Crippen LogP contribution in [0.4, 0.5) is 4.39 Å². The van der Waals surface area contributed by atoms with Gasteiger partial charge < -0.3 is 5.11 Å². The van der Waals surface area contributed by atoms with Gasteiger partial charge in [0.15, 0.2) is 0 Å². The molecule has 0 saturated heterocycles. The van der Waals surface area contributed by atoms with Gasteiger partial charge in [0, 0.05) is 0 Å². The number of nitrogens with one attached hydrogen (secondary N) is 1. The number of carboxylic acids is 1. The van der Waals surface area contributed by atoms with Crippen LogP contribution in [0.2, 0.25) is 0 Å². The highest BCUT2D eigenvalue weighted by atomic mass is 32.2. The molecule has 0 atom stereocenters. The average Bonchev–Trinajstić information content (AvgIpc) is 2.51. The predicted octanol–water partition coefficient (Wildman–Crippen LogP) is 2.78. The van der Waals surface area contributed by atoms with E-state index < -0.39 is 21.5 Å². The molecule has 2 N–H and O–H groups in total. The van der Waals surface area contributed by atoms with E-state index in [1.54, 1.807) is 24.3 Å². The van der Waals surface area contributed by atoms with Crippen molar-refractivity contribution in [1.82, 2.24) is 4.72 Å². The van der Waals surface area contributed by atoms with Crippen LogP contribution in [0.15, 0.2) is 53.4 Å². The molecule has 0 aliphatic heterocycles. The Kier molecular flexibility index (Phi) is 4.15. The largest absolute Gasteiger partial charge is 0.480 e. The van der Waals surface area contributed by atoms with E-state index in [9.17, 15) is 22.7 Å². The number of carboxylic acid groups (broad SMARTS) is 1. The van der Waals surface area contributed by atoms with E-state index in [0.717, 1.165) is 11.1 Å². The molecule has 0 spiro atoms. The summed E-state index contributed by atoms with van der Waals surface area (Å²) in [6.07, 6.45) is 1.25. The molecule has 2 aromatic carbocycles. The van der Waals surface area contributed by atoms with E-state index in [1.807, 2.05) is 0 Å². The molecule has 5 nitrogen and oxygen atoms in total. The first-order chi connectivity index (χ1) is 11.3. The molecule has 2 aromatic rings. The van der Waals surface area contributed by atoms with Crippen LogP contribution in [0.5, 0.6) is 0 Å². The number of hydrogen-bond acceptors (Lipinski definition) is 3. The maximum atomic E-state index is 12.9. The third kappa shape index (κ3) is 3.05. The maximum absolute atomic E-state index is 12.9. The lowest BCUT2D eigenvalue weighted by Crippen LogP contribution is -2.58. The van der Waals surface area contributed by atoms with E-state index in [2.05, 4.69) is 4.72 Å². The highest BCUT2D eigenvalue weighted by Crippen LogP contribution is 2.34. The first-order valence-electron chi connectivity index (χ1n) is 7.46. The third-order valence-corrected chi connectivity index (χ3v) is 5.84. The average molecular weight is 349 g/mol. The van der Waals surface area contributed by atoms with E-state index >= 15 is 0 Å². The molecule has 0 amide bonds. The summed E-state index contributed by atoms with van der Waals surface area (Å²) in [7, 11) is -3.92. The van der Waals surface area contributed by atoms with Crippen LogP contribution in [-0.2, 0) is 14.8 Å². The second kappa shape index (κ2) is 5.99. The summed E-state index contributed by atoms with van der Waals surface area (Å²) in [4.78, 5) is 11.3. The molecule has 0 heterocycles. The normalized spacial score (nSPS) is 16.4. The standard InChI is InChI=1S/C17H16FNO4S/c18-14-6-2-12(3-7-14)13-4-8-15(9-5-13)24(22,23)19-17(16(20)21)10-1-11-17/h2-9,19H,1,10-11H2,(H,20,21). The van der Waals surface area contributed by atoms with Crippen LogP contribution in [-0.4, -0.2) is 25.0 Å². The summed E-state index contributed by atoms with van der Waals surface area (Å²) in [5.41, 5.74) is 0.105.